The Morgan fingerprint density at radius 3 is 3.08 bits per heavy atom. The summed E-state index contributed by atoms with van der Waals surface area (Å²) in [6.07, 6.45) is 1.07. The highest BCUT2D eigenvalue weighted by Crippen LogP contribution is 2.33. The molecule has 0 fully saturated rings. The number of carbonyl (C=O) groups is 1. The first-order valence-electron chi connectivity index (χ1n) is 7.82. The lowest BCUT2D eigenvalue weighted by molar-refractivity contribution is 0.0469. The Bertz CT molecular complexity index is 934. The van der Waals surface area contributed by atoms with Crippen molar-refractivity contribution in [1.29, 1.82) is 0 Å². The lowest BCUT2D eigenvalue weighted by Gasteiger charge is -2.02. The summed E-state index contributed by atoms with van der Waals surface area (Å²) in [4.78, 5) is 12.4. The summed E-state index contributed by atoms with van der Waals surface area (Å²) in [5.74, 6) is 1.09. The van der Waals surface area contributed by atoms with Crippen molar-refractivity contribution in [3.05, 3.63) is 46.1 Å². The lowest BCUT2D eigenvalue weighted by Crippen LogP contribution is -2.05. The first-order chi connectivity index (χ1) is 12.1. The summed E-state index contributed by atoms with van der Waals surface area (Å²) >= 11 is 1.01. The Morgan fingerprint density at radius 1 is 1.40 bits per heavy atom. The van der Waals surface area contributed by atoms with E-state index in [1.807, 2.05) is 25.1 Å². The van der Waals surface area contributed by atoms with Crippen molar-refractivity contribution in [2.75, 3.05) is 0 Å². The van der Waals surface area contributed by atoms with E-state index >= 15 is 0 Å². The molecule has 4 rings (SSSR count). The van der Waals surface area contributed by atoms with Crippen molar-refractivity contribution < 1.29 is 18.8 Å². The molecule has 1 atom stereocenters. The summed E-state index contributed by atoms with van der Waals surface area (Å²) in [6.45, 7) is 3.79. The predicted octanol–water partition coefficient (Wildman–Crippen LogP) is 3.18. The highest BCUT2D eigenvalue weighted by molar-refractivity contribution is 7.07. The van der Waals surface area contributed by atoms with Gasteiger partial charge in [-0.2, -0.15) is 0 Å². The van der Waals surface area contributed by atoms with E-state index in [9.17, 15) is 4.79 Å². The molecule has 0 aliphatic carbocycles. The van der Waals surface area contributed by atoms with Crippen LogP contribution in [0.25, 0.3) is 11.3 Å². The first kappa shape index (κ1) is 15.8. The maximum atomic E-state index is 12.0. The van der Waals surface area contributed by atoms with E-state index in [1.165, 1.54) is 0 Å². The van der Waals surface area contributed by atoms with Crippen molar-refractivity contribution in [2.24, 2.45) is 0 Å². The number of aromatic nitrogens is 3. The molecule has 128 valence electrons. The van der Waals surface area contributed by atoms with E-state index in [4.69, 9.17) is 14.0 Å². The normalized spacial score (nSPS) is 15.7. The van der Waals surface area contributed by atoms with E-state index in [-0.39, 0.29) is 12.7 Å². The molecule has 1 unspecified atom stereocenters. The number of fused-ring (bicyclic) bond motifs is 1. The fourth-order valence-corrected chi connectivity index (χ4v) is 3.27. The average Bonchev–Trinajstić information content (AvgIpc) is 3.30. The highest BCUT2D eigenvalue weighted by Gasteiger charge is 2.20. The Hall–Kier alpha value is -2.74. The van der Waals surface area contributed by atoms with E-state index < -0.39 is 5.97 Å². The summed E-state index contributed by atoms with van der Waals surface area (Å²) < 4.78 is 20.0. The zero-order valence-electron chi connectivity index (χ0n) is 13.7. The number of rotatable bonds is 4. The molecular formula is C17H15N3O4S. The van der Waals surface area contributed by atoms with Crippen molar-refractivity contribution in [3.8, 4) is 17.1 Å². The minimum absolute atomic E-state index is 0.0325. The number of ether oxygens (including phenoxy) is 2. The largest absolute Gasteiger partial charge is 0.490 e. The van der Waals surface area contributed by atoms with Crippen LogP contribution in [0.3, 0.4) is 0 Å². The van der Waals surface area contributed by atoms with E-state index in [0.29, 0.717) is 22.0 Å². The summed E-state index contributed by atoms with van der Waals surface area (Å²) in [7, 11) is 0. The molecule has 1 aliphatic rings. The van der Waals surface area contributed by atoms with Gasteiger partial charge in [0.1, 0.15) is 24.2 Å². The zero-order chi connectivity index (χ0) is 17.4. The van der Waals surface area contributed by atoms with E-state index in [0.717, 1.165) is 34.8 Å². The molecule has 0 spiro atoms. The number of benzene rings is 1. The zero-order valence-corrected chi connectivity index (χ0v) is 14.5. The molecule has 3 aromatic rings. The lowest BCUT2D eigenvalue weighted by atomic mass is 10.1. The minimum atomic E-state index is -0.458. The fourth-order valence-electron chi connectivity index (χ4n) is 2.72. The molecule has 7 nitrogen and oxygen atoms in total. The maximum absolute atomic E-state index is 12.0. The molecule has 0 radical (unpaired) electrons. The van der Waals surface area contributed by atoms with Gasteiger partial charge in [0, 0.05) is 18.1 Å². The number of carbonyl (C=O) groups excluding carboxylic acids is 1. The molecule has 2 aromatic heterocycles. The third-order valence-corrected chi connectivity index (χ3v) is 4.74. The van der Waals surface area contributed by atoms with Gasteiger partial charge < -0.3 is 14.0 Å². The Balaban J connectivity index is 1.45. The summed E-state index contributed by atoms with van der Waals surface area (Å²) in [6, 6.07) is 7.68. The number of hydrogen-bond acceptors (Lipinski definition) is 8. The highest BCUT2D eigenvalue weighted by atomic mass is 32.1. The minimum Gasteiger partial charge on any atom is -0.490 e. The summed E-state index contributed by atoms with van der Waals surface area (Å²) in [5.41, 5.74) is 3.18. The molecule has 3 heterocycles. The smallest absolute Gasteiger partial charge is 0.352 e. The molecule has 0 amide bonds. The average molecular weight is 357 g/mol. The molecule has 1 aromatic carbocycles. The first-order valence-corrected chi connectivity index (χ1v) is 8.59. The van der Waals surface area contributed by atoms with Crippen LogP contribution in [0.15, 0.2) is 28.8 Å². The topological polar surface area (TPSA) is 87.3 Å². The molecular weight excluding hydrogens is 342 g/mol. The van der Waals surface area contributed by atoms with Crippen LogP contribution in [-0.2, 0) is 17.8 Å². The van der Waals surface area contributed by atoms with Gasteiger partial charge in [0.15, 0.2) is 10.6 Å². The van der Waals surface area contributed by atoms with Crippen molar-refractivity contribution in [1.82, 2.24) is 14.7 Å². The van der Waals surface area contributed by atoms with Crippen LogP contribution < -0.4 is 4.74 Å². The van der Waals surface area contributed by atoms with Gasteiger partial charge in [0.05, 0.1) is 5.69 Å². The summed E-state index contributed by atoms with van der Waals surface area (Å²) in [5, 5.41) is 7.76. The molecule has 0 saturated carbocycles. The van der Waals surface area contributed by atoms with Crippen LogP contribution in [0.2, 0.25) is 0 Å². The van der Waals surface area contributed by atoms with Crippen molar-refractivity contribution >= 4 is 17.5 Å². The van der Waals surface area contributed by atoms with Gasteiger partial charge in [-0.15, -0.1) is 5.10 Å². The van der Waals surface area contributed by atoms with Crippen LogP contribution in [0.4, 0.5) is 0 Å². The number of esters is 1. The van der Waals surface area contributed by atoms with Crippen LogP contribution in [0, 0.1) is 6.92 Å². The van der Waals surface area contributed by atoms with Crippen LogP contribution in [0.1, 0.15) is 33.5 Å². The number of nitrogens with zero attached hydrogens (tertiary/aromatic N) is 3. The molecule has 1 aliphatic heterocycles. The Labute approximate surface area is 147 Å². The van der Waals surface area contributed by atoms with Gasteiger partial charge in [0.25, 0.3) is 0 Å². The molecule has 0 N–H and O–H groups in total. The molecule has 0 bridgehead atoms. The van der Waals surface area contributed by atoms with Gasteiger partial charge in [-0.3, -0.25) is 0 Å². The van der Waals surface area contributed by atoms with Crippen LogP contribution in [-0.4, -0.2) is 26.8 Å². The van der Waals surface area contributed by atoms with Gasteiger partial charge in [-0.25, -0.2) is 4.79 Å². The monoisotopic (exact) mass is 357 g/mol. The van der Waals surface area contributed by atoms with Gasteiger partial charge in [-0.05, 0) is 49.1 Å². The quantitative estimate of drug-likeness (QED) is 0.663. The molecule has 25 heavy (non-hydrogen) atoms. The standard InChI is InChI=1S/C17H15N3O4S/c1-9-5-12-6-11(3-4-14(12)23-9)15-7-13(19-24-15)8-22-17(21)16-10(2)18-20-25-16/h3-4,6-7,9H,5,8H2,1-2H3. The second kappa shape index (κ2) is 6.29. The van der Waals surface area contributed by atoms with Crippen molar-refractivity contribution in [2.45, 2.75) is 33.0 Å². The number of hydrogen-bond donors (Lipinski definition) is 0. The van der Waals surface area contributed by atoms with Gasteiger partial charge >= 0.3 is 5.97 Å². The van der Waals surface area contributed by atoms with E-state index in [1.54, 1.807) is 13.0 Å². The van der Waals surface area contributed by atoms with Crippen LogP contribution in [0.5, 0.6) is 5.75 Å². The van der Waals surface area contributed by atoms with E-state index in [2.05, 4.69) is 14.7 Å². The Morgan fingerprint density at radius 2 is 2.28 bits per heavy atom. The van der Waals surface area contributed by atoms with Crippen molar-refractivity contribution in [3.63, 3.8) is 0 Å². The fraction of sp³-hybridized carbons (Fsp3) is 0.294. The van der Waals surface area contributed by atoms with Gasteiger partial charge in [-0.1, -0.05) is 9.64 Å². The predicted molar refractivity (Wildman–Crippen MR) is 89.5 cm³/mol. The second-order valence-corrected chi connectivity index (χ2v) is 6.66. The van der Waals surface area contributed by atoms with Gasteiger partial charge in [0.2, 0.25) is 0 Å². The van der Waals surface area contributed by atoms with Crippen LogP contribution >= 0.6 is 11.5 Å². The molecule has 0 saturated heterocycles. The molecule has 8 heteroatoms. The third-order valence-electron chi connectivity index (χ3n) is 3.93. The second-order valence-electron chi connectivity index (χ2n) is 5.90. The SMILES string of the molecule is Cc1nnsc1C(=O)OCc1cc(-c2ccc3c(c2)CC(C)O3)on1. The number of aryl methyl sites for hydroxylation is 1. The maximum Gasteiger partial charge on any atom is 0.352 e. The third kappa shape index (κ3) is 3.12. The Kier molecular flexibility index (Phi) is 3.96.